The molecule has 120 valence electrons. The Balaban J connectivity index is 1.86. The molecule has 0 aliphatic carbocycles. The van der Waals surface area contributed by atoms with Gasteiger partial charge in [0.1, 0.15) is 11.4 Å². The lowest BCUT2D eigenvalue weighted by atomic mass is 9.94. The molecule has 2 aliphatic rings. The lowest BCUT2D eigenvalue weighted by Crippen LogP contribution is -2.57. The van der Waals surface area contributed by atoms with Crippen molar-refractivity contribution in [1.82, 2.24) is 14.5 Å². The minimum absolute atomic E-state index is 0.00491. The van der Waals surface area contributed by atoms with Gasteiger partial charge in [0.05, 0.1) is 25.3 Å². The number of amides is 1. The van der Waals surface area contributed by atoms with Crippen LogP contribution in [0, 0.1) is 0 Å². The average molecular weight is 305 g/mol. The minimum Gasteiger partial charge on any atom is -0.444 e. The maximum atomic E-state index is 12.5. The molecule has 22 heavy (non-hydrogen) atoms. The van der Waals surface area contributed by atoms with E-state index < -0.39 is 5.60 Å². The van der Waals surface area contributed by atoms with E-state index in [0.29, 0.717) is 13.2 Å². The van der Waals surface area contributed by atoms with Gasteiger partial charge < -0.3 is 14.0 Å². The number of imidazole rings is 1. The second-order valence-corrected chi connectivity index (χ2v) is 6.90. The van der Waals surface area contributed by atoms with Gasteiger partial charge in [-0.05, 0) is 32.8 Å². The topological polar surface area (TPSA) is 56.6 Å². The smallest absolute Gasteiger partial charge is 0.411 e. The molecular formula is C16H23N3O3. The normalized spacial score (nSPS) is 24.9. The van der Waals surface area contributed by atoms with Gasteiger partial charge in [-0.25, -0.2) is 9.78 Å². The van der Waals surface area contributed by atoms with Crippen LogP contribution in [0.4, 0.5) is 4.79 Å². The summed E-state index contributed by atoms with van der Waals surface area (Å²) in [6.07, 6.45) is 6.29. The number of morpholine rings is 1. The van der Waals surface area contributed by atoms with Crippen LogP contribution < -0.4 is 0 Å². The lowest BCUT2D eigenvalue weighted by molar-refractivity contribution is -0.0511. The summed E-state index contributed by atoms with van der Waals surface area (Å²) >= 11 is 0. The van der Waals surface area contributed by atoms with Gasteiger partial charge in [0.25, 0.3) is 0 Å². The number of hydrogen-bond acceptors (Lipinski definition) is 4. The van der Waals surface area contributed by atoms with Crippen LogP contribution in [0.5, 0.6) is 0 Å². The Morgan fingerprint density at radius 1 is 1.41 bits per heavy atom. The van der Waals surface area contributed by atoms with Gasteiger partial charge in [0.15, 0.2) is 0 Å². The second-order valence-electron chi connectivity index (χ2n) is 6.90. The third-order valence-electron chi connectivity index (χ3n) is 3.91. The molecule has 2 aliphatic heterocycles. The van der Waals surface area contributed by atoms with E-state index in [-0.39, 0.29) is 18.2 Å². The zero-order valence-corrected chi connectivity index (χ0v) is 13.6. The highest BCUT2D eigenvalue weighted by molar-refractivity contribution is 5.73. The molecule has 1 aromatic heterocycles. The van der Waals surface area contributed by atoms with Gasteiger partial charge in [-0.2, -0.15) is 0 Å². The average Bonchev–Trinajstić information content (AvgIpc) is 2.81. The Kier molecular flexibility index (Phi) is 3.72. The molecule has 2 atom stereocenters. The fraction of sp³-hybridized carbons (Fsp3) is 0.625. The summed E-state index contributed by atoms with van der Waals surface area (Å²) in [5.41, 5.74) is 0.682. The van der Waals surface area contributed by atoms with Crippen molar-refractivity contribution in [2.75, 3.05) is 13.2 Å². The Bertz CT molecular complexity index is 600. The summed E-state index contributed by atoms with van der Waals surface area (Å²) in [5.74, 6) is 0.959. The molecule has 6 heteroatoms. The number of nitrogens with zero attached hydrogens (tertiary/aromatic N) is 3. The number of carbonyl (C=O) groups excluding carboxylic acids is 1. The maximum absolute atomic E-state index is 12.5. The van der Waals surface area contributed by atoms with Gasteiger partial charge in [0, 0.05) is 19.4 Å². The Morgan fingerprint density at radius 2 is 2.18 bits per heavy atom. The monoisotopic (exact) mass is 305 g/mol. The molecule has 0 N–H and O–H groups in total. The van der Waals surface area contributed by atoms with Crippen molar-refractivity contribution in [2.24, 2.45) is 7.05 Å². The largest absolute Gasteiger partial charge is 0.444 e. The van der Waals surface area contributed by atoms with Gasteiger partial charge >= 0.3 is 6.09 Å². The highest BCUT2D eigenvalue weighted by Gasteiger charge is 2.40. The van der Waals surface area contributed by atoms with Crippen LogP contribution in [0.3, 0.4) is 0 Å². The molecule has 0 radical (unpaired) electrons. The zero-order chi connectivity index (χ0) is 15.9. The first-order valence-electron chi connectivity index (χ1n) is 7.62. The molecule has 6 nitrogen and oxygen atoms in total. The number of rotatable bonds is 1. The van der Waals surface area contributed by atoms with Gasteiger partial charge in [-0.15, -0.1) is 0 Å². The number of fused-ring (bicyclic) bond motifs is 2. The van der Waals surface area contributed by atoms with Crippen LogP contribution in [0.2, 0.25) is 0 Å². The molecular weight excluding hydrogens is 282 g/mol. The van der Waals surface area contributed by atoms with E-state index in [1.165, 1.54) is 5.57 Å². The summed E-state index contributed by atoms with van der Waals surface area (Å²) in [6.45, 7) is 6.70. The van der Waals surface area contributed by atoms with Crippen molar-refractivity contribution in [1.29, 1.82) is 0 Å². The zero-order valence-electron chi connectivity index (χ0n) is 13.6. The van der Waals surface area contributed by atoms with E-state index in [0.717, 1.165) is 12.2 Å². The number of hydrogen-bond donors (Lipinski definition) is 0. The van der Waals surface area contributed by atoms with E-state index >= 15 is 0 Å². The molecule has 1 amide bonds. The number of aromatic nitrogens is 2. The van der Waals surface area contributed by atoms with Gasteiger partial charge in [-0.1, -0.05) is 6.08 Å². The first-order valence-corrected chi connectivity index (χ1v) is 7.62. The molecule has 0 saturated carbocycles. The second kappa shape index (κ2) is 5.43. The Hall–Kier alpha value is -1.82. The first-order chi connectivity index (χ1) is 10.3. The van der Waals surface area contributed by atoms with Crippen molar-refractivity contribution >= 4 is 11.7 Å². The van der Waals surface area contributed by atoms with Crippen molar-refractivity contribution in [3.63, 3.8) is 0 Å². The molecule has 3 heterocycles. The predicted octanol–water partition coefficient (Wildman–Crippen LogP) is 2.21. The number of aryl methyl sites for hydroxylation is 1. The first kappa shape index (κ1) is 15.1. The highest BCUT2D eigenvalue weighted by Crippen LogP contribution is 2.32. The third kappa shape index (κ3) is 2.88. The number of ether oxygens (including phenoxy) is 2. The lowest BCUT2D eigenvalue weighted by Gasteiger charge is -2.44. The third-order valence-corrected chi connectivity index (χ3v) is 3.91. The summed E-state index contributed by atoms with van der Waals surface area (Å²) in [6, 6.07) is -0.0839. The van der Waals surface area contributed by atoms with Crippen LogP contribution in [-0.2, 0) is 16.5 Å². The standard InChI is InChI=1S/C16H23N3O3/c1-16(2,3)22-15(20)19-12-7-11(8-13(19)10-21-9-12)14-17-5-6-18(14)4/h5-7,12-13H,8-10H2,1-4H3. The molecule has 1 saturated heterocycles. The van der Waals surface area contributed by atoms with E-state index in [1.54, 1.807) is 6.20 Å². The van der Waals surface area contributed by atoms with Crippen molar-refractivity contribution < 1.29 is 14.3 Å². The van der Waals surface area contributed by atoms with E-state index in [4.69, 9.17) is 9.47 Å². The van der Waals surface area contributed by atoms with Gasteiger partial charge in [0.2, 0.25) is 0 Å². The minimum atomic E-state index is -0.490. The maximum Gasteiger partial charge on any atom is 0.411 e. The highest BCUT2D eigenvalue weighted by atomic mass is 16.6. The fourth-order valence-corrected chi connectivity index (χ4v) is 3.04. The van der Waals surface area contributed by atoms with Crippen molar-refractivity contribution in [3.05, 3.63) is 24.3 Å². The fourth-order valence-electron chi connectivity index (χ4n) is 3.04. The molecule has 0 spiro atoms. The van der Waals surface area contributed by atoms with Crippen LogP contribution in [0.15, 0.2) is 18.5 Å². The SMILES string of the molecule is Cn1ccnc1C1=CC2COCC(C1)N2C(=O)OC(C)(C)C. The molecule has 3 rings (SSSR count). The van der Waals surface area contributed by atoms with Gasteiger partial charge in [-0.3, -0.25) is 4.90 Å². The Morgan fingerprint density at radius 3 is 2.77 bits per heavy atom. The van der Waals surface area contributed by atoms with E-state index in [9.17, 15) is 4.79 Å². The number of carbonyl (C=O) groups is 1. The Labute approximate surface area is 130 Å². The molecule has 1 aromatic rings. The van der Waals surface area contributed by atoms with Crippen LogP contribution in [-0.4, -0.2) is 51.4 Å². The van der Waals surface area contributed by atoms with E-state index in [1.807, 2.05) is 43.5 Å². The quantitative estimate of drug-likeness (QED) is 0.798. The summed E-state index contributed by atoms with van der Waals surface area (Å²) < 4.78 is 13.2. The molecule has 2 unspecified atom stereocenters. The molecule has 2 bridgehead atoms. The van der Waals surface area contributed by atoms with Crippen molar-refractivity contribution in [3.8, 4) is 0 Å². The summed E-state index contributed by atoms with van der Waals surface area (Å²) in [5, 5.41) is 0. The summed E-state index contributed by atoms with van der Waals surface area (Å²) in [7, 11) is 1.98. The van der Waals surface area contributed by atoms with Crippen LogP contribution in [0.1, 0.15) is 33.0 Å². The molecule has 0 aromatic carbocycles. The van der Waals surface area contributed by atoms with E-state index in [2.05, 4.69) is 11.1 Å². The van der Waals surface area contributed by atoms with Crippen LogP contribution in [0.25, 0.3) is 5.57 Å². The summed E-state index contributed by atoms with van der Waals surface area (Å²) in [4.78, 5) is 18.7. The van der Waals surface area contributed by atoms with Crippen LogP contribution >= 0.6 is 0 Å². The molecule has 1 fully saturated rings. The van der Waals surface area contributed by atoms with Crippen molar-refractivity contribution in [2.45, 2.75) is 44.9 Å². The predicted molar refractivity (Wildman–Crippen MR) is 82.3 cm³/mol.